The molecule has 0 N–H and O–H groups in total. The number of imidazole rings is 2. The molecule has 0 bridgehead atoms. The van der Waals surface area contributed by atoms with Crippen LogP contribution in [0.1, 0.15) is 27.7 Å². The van der Waals surface area contributed by atoms with E-state index in [1.54, 1.807) is 0 Å². The van der Waals surface area contributed by atoms with Crippen LogP contribution in [0.2, 0.25) is 0 Å². The van der Waals surface area contributed by atoms with Crippen LogP contribution in [0.25, 0.3) is 188 Å². The van der Waals surface area contributed by atoms with Gasteiger partial charge < -0.3 is 18.4 Å². The summed E-state index contributed by atoms with van der Waals surface area (Å²) in [5.41, 5.74) is 24.4. The Hall–Kier alpha value is -14.1. The Balaban J connectivity index is 0.000000117. The quantitative estimate of drug-likeness (QED) is 0.100. The lowest BCUT2D eigenvalue weighted by atomic mass is 9.79. The smallest absolute Gasteiger partial charge is 0.399 e. The van der Waals surface area contributed by atoms with Crippen molar-refractivity contribution in [1.29, 1.82) is 0 Å². The number of fused-ring (bicyclic) bond motifs is 14. The van der Waals surface area contributed by atoms with Crippen molar-refractivity contribution in [2.75, 3.05) is 0 Å². The summed E-state index contributed by atoms with van der Waals surface area (Å²) in [6.45, 7) is 8.30. The average Bonchev–Trinajstić information content (AvgIpc) is 1.48. The van der Waals surface area contributed by atoms with Crippen LogP contribution < -0.4 is 5.46 Å². The molecule has 0 unspecified atom stereocenters. The van der Waals surface area contributed by atoms with E-state index in [9.17, 15) is 0 Å². The minimum atomic E-state index is -0.364. The molecule has 6 aromatic heterocycles. The van der Waals surface area contributed by atoms with Gasteiger partial charge in [0.15, 0.2) is 0 Å². The molecule has 0 atom stereocenters. The Labute approximate surface area is 691 Å². The van der Waals surface area contributed by atoms with Crippen LogP contribution in [0.4, 0.5) is 0 Å². The van der Waals surface area contributed by atoms with Gasteiger partial charge in [-0.1, -0.05) is 271 Å². The van der Waals surface area contributed by atoms with Gasteiger partial charge in [-0.2, -0.15) is 0 Å². The second kappa shape index (κ2) is 29.3. The largest absolute Gasteiger partial charge is 0.494 e. The first-order valence-electron chi connectivity index (χ1n) is 40.0. The van der Waals surface area contributed by atoms with Gasteiger partial charge in [-0.05, 0) is 189 Å². The zero-order chi connectivity index (χ0) is 79.2. The molecule has 0 aliphatic carbocycles. The first-order chi connectivity index (χ1) is 57.9. The van der Waals surface area contributed by atoms with E-state index in [0.717, 1.165) is 127 Å². The highest BCUT2D eigenvalue weighted by molar-refractivity contribution is 9.10. The second-order valence-corrected chi connectivity index (χ2v) is 32.1. The fourth-order valence-corrected chi connectivity index (χ4v) is 17.4. The number of hydrogen-bond acceptors (Lipinski definition) is 6. The van der Waals surface area contributed by atoms with Crippen LogP contribution in [0.3, 0.4) is 0 Å². The molecular weight excluding hydrogens is 1510 g/mol. The predicted octanol–water partition coefficient (Wildman–Crippen LogP) is 26.7. The van der Waals surface area contributed by atoms with Crippen molar-refractivity contribution >= 4 is 138 Å². The molecule has 1 saturated heterocycles. The van der Waals surface area contributed by atoms with Crippen LogP contribution in [0, 0.1) is 0 Å². The lowest BCUT2D eigenvalue weighted by Crippen LogP contribution is -2.41. The maximum absolute atomic E-state index is 6.20. The third kappa shape index (κ3) is 12.6. The van der Waals surface area contributed by atoms with Crippen molar-refractivity contribution in [3.63, 3.8) is 0 Å². The Bertz CT molecular complexity index is 7580. The lowest BCUT2D eigenvalue weighted by Gasteiger charge is -2.32. The number of aromatic nitrogens is 8. The zero-order valence-corrected chi connectivity index (χ0v) is 66.9. The van der Waals surface area contributed by atoms with E-state index < -0.39 is 0 Å². The van der Waals surface area contributed by atoms with E-state index in [-0.39, 0.29) is 18.3 Å². The van der Waals surface area contributed by atoms with E-state index in [2.05, 4.69) is 408 Å². The summed E-state index contributed by atoms with van der Waals surface area (Å²) in [5, 5.41) is 12.0. The molecule has 562 valence electrons. The second-order valence-electron chi connectivity index (χ2n) is 31.2. The van der Waals surface area contributed by atoms with Gasteiger partial charge in [0.05, 0.1) is 77.8 Å². The van der Waals surface area contributed by atoms with E-state index >= 15 is 0 Å². The fourth-order valence-electron chi connectivity index (χ4n) is 17.1. The Kier molecular flexibility index (Phi) is 17.8. The molecule has 10 nitrogen and oxygen atoms in total. The zero-order valence-electron chi connectivity index (χ0n) is 65.3. The third-order valence-electron chi connectivity index (χ3n) is 23.6. The van der Waals surface area contributed by atoms with E-state index in [0.29, 0.717) is 0 Å². The molecule has 22 aromatic rings. The molecular formula is C106H76BBrN8O2. The van der Waals surface area contributed by atoms with Gasteiger partial charge in [-0.15, -0.1) is 0 Å². The number of hydrogen-bond donors (Lipinski definition) is 0. The summed E-state index contributed by atoms with van der Waals surface area (Å²) in [7, 11) is -0.364. The maximum atomic E-state index is 6.20. The van der Waals surface area contributed by atoms with Gasteiger partial charge in [0.25, 0.3) is 0 Å². The van der Waals surface area contributed by atoms with Gasteiger partial charge in [0, 0.05) is 92.6 Å². The Morgan fingerprint density at radius 2 is 0.559 bits per heavy atom. The van der Waals surface area contributed by atoms with Crippen molar-refractivity contribution in [3.05, 3.63) is 393 Å². The third-order valence-corrected chi connectivity index (χ3v) is 24.1. The molecule has 1 aliphatic heterocycles. The van der Waals surface area contributed by atoms with Crippen molar-refractivity contribution in [3.8, 4) is 79.2 Å². The first-order valence-corrected chi connectivity index (χ1v) is 40.8. The molecule has 1 aliphatic rings. The van der Waals surface area contributed by atoms with Gasteiger partial charge in [-0.25, -0.2) is 19.9 Å². The molecule has 0 radical (unpaired) electrons. The van der Waals surface area contributed by atoms with Gasteiger partial charge in [-0.3, -0.25) is 9.13 Å². The number of para-hydroxylation sites is 10. The van der Waals surface area contributed by atoms with E-state index in [1.807, 2.05) is 42.5 Å². The number of pyridine rings is 2. The molecule has 1 fully saturated rings. The topological polar surface area (TPSA) is 89.7 Å². The van der Waals surface area contributed by atoms with Crippen LogP contribution in [0.5, 0.6) is 0 Å². The number of halogens is 1. The molecule has 0 saturated carbocycles. The molecule has 16 aromatic carbocycles. The summed E-state index contributed by atoms with van der Waals surface area (Å²) in [4.78, 5) is 20.4. The average molecular weight is 1580 g/mol. The summed E-state index contributed by atoms with van der Waals surface area (Å²) in [6.07, 6.45) is 0. The first kappa shape index (κ1) is 71.6. The Morgan fingerprint density at radius 3 is 0.983 bits per heavy atom. The molecule has 7 heterocycles. The number of benzene rings is 16. The van der Waals surface area contributed by atoms with E-state index in [1.165, 1.54) is 70.8 Å². The Morgan fingerprint density at radius 1 is 0.237 bits per heavy atom. The van der Waals surface area contributed by atoms with Crippen molar-refractivity contribution in [1.82, 2.24) is 38.2 Å². The highest BCUT2D eigenvalue weighted by Gasteiger charge is 2.51. The molecule has 12 heteroatoms. The minimum Gasteiger partial charge on any atom is -0.399 e. The normalized spacial score (nSPS) is 13.2. The molecule has 0 spiro atoms. The minimum absolute atomic E-state index is 0.350. The highest BCUT2D eigenvalue weighted by Crippen LogP contribution is 2.44. The maximum Gasteiger partial charge on any atom is 0.494 e. The summed E-state index contributed by atoms with van der Waals surface area (Å²) >= 11 is 3.57. The predicted molar refractivity (Wildman–Crippen MR) is 493 cm³/mol. The van der Waals surface area contributed by atoms with Crippen molar-refractivity contribution in [2.45, 2.75) is 38.9 Å². The monoisotopic (exact) mass is 1580 g/mol. The van der Waals surface area contributed by atoms with E-state index in [4.69, 9.17) is 29.2 Å². The van der Waals surface area contributed by atoms with Crippen molar-refractivity contribution < 1.29 is 9.31 Å². The highest BCUT2D eigenvalue weighted by atomic mass is 79.9. The molecule has 118 heavy (non-hydrogen) atoms. The number of nitrogens with zero attached hydrogens (tertiary/aromatic N) is 8. The van der Waals surface area contributed by atoms with Crippen LogP contribution in [-0.2, 0) is 9.31 Å². The SMILES string of the molecule is Brc1ccc(-c2nc3ccccc3c3cc4c(cc23)c2ccccc2n4-c2ccccc2)cc1.CC1(C)OB(c2ccc(-n3c(-c4ccccc4)nc4ccccc43)cc2)OC1(C)C.c1ccc(-c2nc3ccccc3n2-c2ccc(-c3ccc(-c4nc5ccccc5c5cc6c(cc45)c4ccccc4n6-c4ccccc4)cc3)cc2)cc1. The van der Waals surface area contributed by atoms with Crippen LogP contribution in [0.15, 0.2) is 393 Å². The fraction of sp³-hybridized carbons (Fsp3) is 0.0566. The van der Waals surface area contributed by atoms with Gasteiger partial charge in [0.1, 0.15) is 11.6 Å². The summed E-state index contributed by atoms with van der Waals surface area (Å²) in [5.74, 6) is 1.87. The molecule has 23 rings (SSSR count). The van der Waals surface area contributed by atoms with Gasteiger partial charge >= 0.3 is 7.12 Å². The van der Waals surface area contributed by atoms with Crippen LogP contribution >= 0.6 is 15.9 Å². The standard InChI is InChI=1S/C50H32N4.C31H19BrN2.C25H25BN2O2/c1-3-13-36(14-4-1)50-52-45-20-10-12-22-47(45)54(50)38-29-27-34(28-30-38)33-23-25-35(26-24-33)49-43-31-42-40-18-8-11-21-46(40)53(37-15-5-2-6-16-37)48(42)32-41(43)39-17-7-9-19-44(39)51-49;32-21-16-14-20(15-17-21)31-27-18-26-24-11-5-7-13-29(24)34(22-8-2-1-3-9-22)30(26)19-25(27)23-10-4-6-12-28(23)33-31;1-24(2)25(3,4)30-26(29-24)19-14-16-20(17-15-19)28-22-13-9-8-12-21(22)27-23(28)18-10-6-5-7-11-18/h1-32H;1-19H;5-17H,1-4H3. The summed E-state index contributed by atoms with van der Waals surface area (Å²) < 4.78 is 22.7. The molecule has 0 amide bonds. The number of rotatable bonds is 10. The van der Waals surface area contributed by atoms with Crippen LogP contribution in [-0.4, -0.2) is 56.5 Å². The van der Waals surface area contributed by atoms with Crippen molar-refractivity contribution in [2.24, 2.45) is 0 Å². The summed E-state index contributed by atoms with van der Waals surface area (Å²) in [6, 6.07) is 137. The van der Waals surface area contributed by atoms with Gasteiger partial charge in [0.2, 0.25) is 0 Å². The lowest BCUT2D eigenvalue weighted by molar-refractivity contribution is 0.00578.